The summed E-state index contributed by atoms with van der Waals surface area (Å²) in [5, 5.41) is 12.7. The summed E-state index contributed by atoms with van der Waals surface area (Å²) >= 11 is 0. The first-order chi connectivity index (χ1) is 12.3. The molecule has 26 heavy (non-hydrogen) atoms. The van der Waals surface area contributed by atoms with Gasteiger partial charge in [-0.15, -0.1) is 0 Å². The van der Waals surface area contributed by atoms with Gasteiger partial charge in [-0.2, -0.15) is 0 Å². The fourth-order valence-electron chi connectivity index (χ4n) is 4.06. The van der Waals surface area contributed by atoms with E-state index in [1.807, 2.05) is 19.1 Å². The highest BCUT2D eigenvalue weighted by atomic mass is 28.4. The summed E-state index contributed by atoms with van der Waals surface area (Å²) in [6.45, 7) is 9.19. The van der Waals surface area contributed by atoms with Crippen LogP contribution in [0.4, 0.5) is 0 Å². The number of hydrogen-bond donors (Lipinski definition) is 1. The average molecular weight is 371 g/mol. The van der Waals surface area contributed by atoms with Crippen LogP contribution in [0.1, 0.15) is 34.1 Å². The van der Waals surface area contributed by atoms with E-state index in [2.05, 4.69) is 69.3 Å². The van der Waals surface area contributed by atoms with Gasteiger partial charge in [-0.1, -0.05) is 81.4 Å². The molecule has 0 amide bonds. The SMILES string of the molecule is C[C@H]1CC(O)[C@@H](CO[Si](c2ccccc2)(c2ccccc2)C(C)(C)C)O1. The van der Waals surface area contributed by atoms with Crippen LogP contribution in [0.2, 0.25) is 5.04 Å². The van der Waals surface area contributed by atoms with Crippen molar-refractivity contribution in [2.24, 2.45) is 0 Å². The van der Waals surface area contributed by atoms with E-state index in [-0.39, 0.29) is 17.2 Å². The zero-order valence-electron chi connectivity index (χ0n) is 16.2. The van der Waals surface area contributed by atoms with Crippen molar-refractivity contribution in [2.75, 3.05) is 6.61 Å². The second-order valence-electron chi connectivity index (χ2n) is 8.26. The molecule has 0 radical (unpaired) electrons. The van der Waals surface area contributed by atoms with Gasteiger partial charge in [-0.05, 0) is 22.3 Å². The van der Waals surface area contributed by atoms with Crippen molar-refractivity contribution in [3.8, 4) is 0 Å². The second kappa shape index (κ2) is 7.65. The van der Waals surface area contributed by atoms with E-state index in [9.17, 15) is 5.11 Å². The van der Waals surface area contributed by atoms with Crippen LogP contribution < -0.4 is 10.4 Å². The summed E-state index contributed by atoms with van der Waals surface area (Å²) in [6.07, 6.45) is 0.0435. The quantitative estimate of drug-likeness (QED) is 0.822. The van der Waals surface area contributed by atoms with Gasteiger partial charge in [-0.3, -0.25) is 0 Å². The Balaban J connectivity index is 2.03. The van der Waals surface area contributed by atoms with Crippen molar-refractivity contribution in [1.82, 2.24) is 0 Å². The Labute approximate surface area is 158 Å². The number of aliphatic hydroxyl groups excluding tert-OH is 1. The zero-order chi connectivity index (χ0) is 18.8. The maximum Gasteiger partial charge on any atom is 0.261 e. The number of aliphatic hydroxyl groups is 1. The van der Waals surface area contributed by atoms with Crippen molar-refractivity contribution >= 4 is 18.7 Å². The number of ether oxygens (including phenoxy) is 1. The lowest BCUT2D eigenvalue weighted by Gasteiger charge is -2.43. The smallest absolute Gasteiger partial charge is 0.261 e. The molecular formula is C22H30O3Si. The van der Waals surface area contributed by atoms with Gasteiger partial charge in [0.05, 0.1) is 18.8 Å². The first-order valence-corrected chi connectivity index (χ1v) is 11.3. The molecule has 1 aliphatic rings. The van der Waals surface area contributed by atoms with Crippen LogP contribution in [0.3, 0.4) is 0 Å². The van der Waals surface area contributed by atoms with E-state index in [0.29, 0.717) is 13.0 Å². The normalized spacial score (nSPS) is 24.0. The van der Waals surface area contributed by atoms with Crippen LogP contribution in [0, 0.1) is 0 Å². The van der Waals surface area contributed by atoms with Crippen LogP contribution >= 0.6 is 0 Å². The maximum absolute atomic E-state index is 10.3. The van der Waals surface area contributed by atoms with Crippen LogP contribution in [-0.4, -0.2) is 38.3 Å². The van der Waals surface area contributed by atoms with Crippen LogP contribution in [-0.2, 0) is 9.16 Å². The van der Waals surface area contributed by atoms with Gasteiger partial charge in [0.15, 0.2) is 0 Å². The summed E-state index contributed by atoms with van der Waals surface area (Å²) in [4.78, 5) is 0. The minimum atomic E-state index is -2.56. The molecule has 2 aromatic rings. The largest absolute Gasteiger partial charge is 0.405 e. The lowest BCUT2D eigenvalue weighted by molar-refractivity contribution is -0.0130. The Bertz CT molecular complexity index is 657. The minimum absolute atomic E-state index is 0.0646. The summed E-state index contributed by atoms with van der Waals surface area (Å²) in [5.41, 5.74) is 0. The third-order valence-electron chi connectivity index (χ3n) is 5.29. The molecule has 1 saturated heterocycles. The van der Waals surface area contributed by atoms with Crippen LogP contribution in [0.5, 0.6) is 0 Å². The topological polar surface area (TPSA) is 38.7 Å². The Morgan fingerprint density at radius 1 is 1.00 bits per heavy atom. The van der Waals surface area contributed by atoms with E-state index in [4.69, 9.17) is 9.16 Å². The molecule has 0 aliphatic carbocycles. The molecule has 1 N–H and O–H groups in total. The lowest BCUT2D eigenvalue weighted by Crippen LogP contribution is -2.67. The third-order valence-corrected chi connectivity index (χ3v) is 10.3. The first-order valence-electron chi connectivity index (χ1n) is 9.43. The van der Waals surface area contributed by atoms with Crippen molar-refractivity contribution in [3.63, 3.8) is 0 Å². The van der Waals surface area contributed by atoms with Gasteiger partial charge in [0, 0.05) is 6.42 Å². The Morgan fingerprint density at radius 2 is 1.50 bits per heavy atom. The first kappa shape index (κ1) is 19.3. The molecule has 3 rings (SSSR count). The van der Waals surface area contributed by atoms with Gasteiger partial charge < -0.3 is 14.3 Å². The molecule has 0 spiro atoms. The fourth-order valence-corrected chi connectivity index (χ4v) is 8.63. The summed E-state index contributed by atoms with van der Waals surface area (Å²) in [5.74, 6) is 0. The average Bonchev–Trinajstić information content (AvgIpc) is 2.94. The van der Waals surface area contributed by atoms with E-state index < -0.39 is 14.4 Å². The second-order valence-corrected chi connectivity index (χ2v) is 12.6. The summed E-state index contributed by atoms with van der Waals surface area (Å²) < 4.78 is 12.7. The van der Waals surface area contributed by atoms with Crippen molar-refractivity contribution in [1.29, 1.82) is 0 Å². The summed E-state index contributed by atoms with van der Waals surface area (Å²) in [7, 11) is -2.56. The molecule has 3 atom stereocenters. The lowest BCUT2D eigenvalue weighted by atomic mass is 10.1. The predicted octanol–water partition coefficient (Wildman–Crippen LogP) is 3.10. The molecule has 0 bridgehead atoms. The molecule has 140 valence electrons. The van der Waals surface area contributed by atoms with Crippen LogP contribution in [0.25, 0.3) is 0 Å². The van der Waals surface area contributed by atoms with Gasteiger partial charge in [0.2, 0.25) is 0 Å². The fraction of sp³-hybridized carbons (Fsp3) is 0.455. The van der Waals surface area contributed by atoms with Crippen molar-refractivity contribution < 1.29 is 14.3 Å². The zero-order valence-corrected chi connectivity index (χ0v) is 17.2. The van der Waals surface area contributed by atoms with E-state index in [0.717, 1.165) is 0 Å². The molecule has 0 saturated carbocycles. The molecule has 2 aromatic carbocycles. The van der Waals surface area contributed by atoms with E-state index >= 15 is 0 Å². The van der Waals surface area contributed by atoms with Gasteiger partial charge in [0.25, 0.3) is 8.32 Å². The van der Waals surface area contributed by atoms with Gasteiger partial charge in [-0.25, -0.2) is 0 Å². The number of hydrogen-bond acceptors (Lipinski definition) is 3. The monoisotopic (exact) mass is 370 g/mol. The summed E-state index contributed by atoms with van der Waals surface area (Å²) in [6, 6.07) is 21.1. The highest BCUT2D eigenvalue weighted by Gasteiger charge is 2.51. The third kappa shape index (κ3) is 3.65. The molecule has 0 aromatic heterocycles. The van der Waals surface area contributed by atoms with Crippen LogP contribution in [0.15, 0.2) is 60.7 Å². The Hall–Kier alpha value is -1.46. The van der Waals surface area contributed by atoms with Gasteiger partial charge >= 0.3 is 0 Å². The Kier molecular flexibility index (Phi) is 5.68. The maximum atomic E-state index is 10.3. The standard InChI is InChI=1S/C22H30O3Si/c1-17-15-20(23)21(25-17)16-24-26(22(2,3)4,18-11-7-5-8-12-18)19-13-9-6-10-14-19/h5-14,17,20-21,23H,15-16H2,1-4H3/t17-,20?,21+/m0/s1. The molecule has 1 aliphatic heterocycles. The molecule has 1 heterocycles. The number of rotatable bonds is 5. The molecule has 1 fully saturated rings. The molecule has 3 nitrogen and oxygen atoms in total. The van der Waals surface area contributed by atoms with Crippen molar-refractivity contribution in [2.45, 2.75) is 57.5 Å². The highest BCUT2D eigenvalue weighted by Crippen LogP contribution is 2.37. The number of benzene rings is 2. The predicted molar refractivity (Wildman–Crippen MR) is 109 cm³/mol. The molecular weight excluding hydrogens is 340 g/mol. The van der Waals surface area contributed by atoms with E-state index in [1.54, 1.807) is 0 Å². The highest BCUT2D eigenvalue weighted by molar-refractivity contribution is 6.99. The minimum Gasteiger partial charge on any atom is -0.405 e. The Morgan fingerprint density at radius 3 is 1.88 bits per heavy atom. The van der Waals surface area contributed by atoms with Crippen molar-refractivity contribution in [3.05, 3.63) is 60.7 Å². The molecule has 1 unspecified atom stereocenters. The molecule has 4 heteroatoms. The van der Waals surface area contributed by atoms with E-state index in [1.165, 1.54) is 10.4 Å². The van der Waals surface area contributed by atoms with Gasteiger partial charge in [0.1, 0.15) is 6.10 Å².